The average Bonchev–Trinajstić information content (AvgIpc) is 3.19. The quantitative estimate of drug-likeness (QED) is 0.816. The fourth-order valence-electron chi connectivity index (χ4n) is 3.71. The molecule has 0 unspecified atom stereocenters. The second-order valence-corrected chi connectivity index (χ2v) is 7.26. The van der Waals surface area contributed by atoms with E-state index >= 15 is 0 Å². The molecule has 1 saturated heterocycles. The Bertz CT molecular complexity index is 810. The molecular weight excluding hydrogens is 340 g/mol. The standard InChI is InChI=1S/C21H28N4O2/c1-15(9-16-5-7-19(27-4)8-6-16)11-22-12-17-10-20(26)25(3)21(17)18-13-23-24(2)14-18/h5-9,13-14,17,21-22H,10-12H2,1-4H3/b15-9+/t17-,21+/m0/s1. The first-order valence-electron chi connectivity index (χ1n) is 9.24. The number of benzene rings is 1. The molecule has 3 rings (SSSR count). The van der Waals surface area contributed by atoms with Crippen molar-refractivity contribution in [3.63, 3.8) is 0 Å². The maximum atomic E-state index is 12.2. The molecule has 0 radical (unpaired) electrons. The van der Waals surface area contributed by atoms with Gasteiger partial charge in [-0.3, -0.25) is 9.48 Å². The van der Waals surface area contributed by atoms with E-state index in [1.165, 1.54) is 5.57 Å². The highest BCUT2D eigenvalue weighted by Gasteiger charge is 2.38. The number of aryl methyl sites for hydroxylation is 1. The van der Waals surface area contributed by atoms with E-state index in [0.717, 1.165) is 30.0 Å². The van der Waals surface area contributed by atoms with Crippen LogP contribution in [0.3, 0.4) is 0 Å². The minimum atomic E-state index is 0.0876. The van der Waals surface area contributed by atoms with Crippen molar-refractivity contribution in [1.29, 1.82) is 0 Å². The smallest absolute Gasteiger partial charge is 0.223 e. The molecule has 144 valence electrons. The van der Waals surface area contributed by atoms with E-state index in [9.17, 15) is 4.79 Å². The lowest BCUT2D eigenvalue weighted by molar-refractivity contribution is -0.127. The first kappa shape index (κ1) is 19.2. The summed E-state index contributed by atoms with van der Waals surface area (Å²) in [6, 6.07) is 8.11. The maximum absolute atomic E-state index is 12.2. The third-order valence-electron chi connectivity index (χ3n) is 5.10. The Labute approximate surface area is 160 Å². The average molecular weight is 368 g/mol. The Balaban J connectivity index is 1.58. The van der Waals surface area contributed by atoms with E-state index in [2.05, 4.69) is 23.4 Å². The van der Waals surface area contributed by atoms with Crippen molar-refractivity contribution >= 4 is 12.0 Å². The molecule has 1 aliphatic rings. The van der Waals surface area contributed by atoms with Gasteiger partial charge < -0.3 is 15.0 Å². The van der Waals surface area contributed by atoms with Gasteiger partial charge in [-0.1, -0.05) is 23.8 Å². The molecule has 1 fully saturated rings. The van der Waals surface area contributed by atoms with Crippen molar-refractivity contribution in [3.8, 4) is 5.75 Å². The van der Waals surface area contributed by atoms with Gasteiger partial charge in [0.25, 0.3) is 0 Å². The molecule has 0 aliphatic carbocycles. The minimum absolute atomic E-state index is 0.0876. The molecule has 0 saturated carbocycles. The summed E-state index contributed by atoms with van der Waals surface area (Å²) in [4.78, 5) is 14.1. The highest BCUT2D eigenvalue weighted by atomic mass is 16.5. The molecular formula is C21H28N4O2. The van der Waals surface area contributed by atoms with Crippen molar-refractivity contribution in [3.05, 3.63) is 53.4 Å². The number of nitrogens with one attached hydrogen (secondary N) is 1. The predicted molar refractivity (Wildman–Crippen MR) is 106 cm³/mol. The summed E-state index contributed by atoms with van der Waals surface area (Å²) in [6.45, 7) is 3.70. The molecule has 2 atom stereocenters. The number of ether oxygens (including phenoxy) is 1. The number of carbonyl (C=O) groups excluding carboxylic acids is 1. The summed E-state index contributed by atoms with van der Waals surface area (Å²) < 4.78 is 6.98. The van der Waals surface area contributed by atoms with Gasteiger partial charge in [0.15, 0.2) is 0 Å². The van der Waals surface area contributed by atoms with Gasteiger partial charge in [0.2, 0.25) is 5.91 Å². The Morgan fingerprint density at radius 1 is 1.33 bits per heavy atom. The van der Waals surface area contributed by atoms with Crippen molar-refractivity contribution < 1.29 is 9.53 Å². The van der Waals surface area contributed by atoms with Gasteiger partial charge in [-0.2, -0.15) is 5.10 Å². The van der Waals surface area contributed by atoms with E-state index in [-0.39, 0.29) is 17.9 Å². The lowest BCUT2D eigenvalue weighted by Gasteiger charge is -2.24. The molecule has 1 amide bonds. The number of carbonyl (C=O) groups is 1. The number of aromatic nitrogens is 2. The minimum Gasteiger partial charge on any atom is -0.497 e. The van der Waals surface area contributed by atoms with E-state index < -0.39 is 0 Å². The normalized spacial score (nSPS) is 20.4. The van der Waals surface area contributed by atoms with Crippen LogP contribution in [0.4, 0.5) is 0 Å². The molecule has 0 bridgehead atoms. The topological polar surface area (TPSA) is 59.4 Å². The van der Waals surface area contributed by atoms with Crippen LogP contribution < -0.4 is 10.1 Å². The predicted octanol–water partition coefficient (Wildman–Crippen LogP) is 2.64. The Kier molecular flexibility index (Phi) is 5.96. The zero-order valence-corrected chi connectivity index (χ0v) is 16.5. The SMILES string of the molecule is COc1ccc(/C=C(\C)CNC[C@@H]2CC(=O)N(C)[C@H]2c2cnn(C)c2)cc1. The number of hydrogen-bond donors (Lipinski definition) is 1. The lowest BCUT2D eigenvalue weighted by atomic mass is 9.95. The van der Waals surface area contributed by atoms with E-state index in [1.807, 2.05) is 55.7 Å². The van der Waals surface area contributed by atoms with Gasteiger partial charge in [-0.25, -0.2) is 0 Å². The van der Waals surface area contributed by atoms with Crippen LogP contribution in [0.5, 0.6) is 5.75 Å². The molecule has 2 heterocycles. The zero-order valence-electron chi connectivity index (χ0n) is 16.5. The molecule has 6 heteroatoms. The van der Waals surface area contributed by atoms with Crippen LogP contribution in [0, 0.1) is 5.92 Å². The molecule has 1 aromatic heterocycles. The van der Waals surface area contributed by atoms with Crippen LogP contribution in [0.2, 0.25) is 0 Å². The molecule has 2 aromatic rings. The van der Waals surface area contributed by atoms with Gasteiger partial charge >= 0.3 is 0 Å². The van der Waals surface area contributed by atoms with Gasteiger partial charge in [0.05, 0.1) is 19.3 Å². The molecule has 6 nitrogen and oxygen atoms in total. The molecule has 1 N–H and O–H groups in total. The zero-order chi connectivity index (χ0) is 19.4. The summed E-state index contributed by atoms with van der Waals surface area (Å²) in [5.74, 6) is 1.31. The Morgan fingerprint density at radius 3 is 2.70 bits per heavy atom. The largest absolute Gasteiger partial charge is 0.497 e. The number of rotatable bonds is 7. The number of likely N-dealkylation sites (tertiary alicyclic amines) is 1. The van der Waals surface area contributed by atoms with Gasteiger partial charge in [-0.05, 0) is 24.6 Å². The van der Waals surface area contributed by atoms with Crippen LogP contribution in [-0.2, 0) is 11.8 Å². The summed E-state index contributed by atoms with van der Waals surface area (Å²) in [5.41, 5.74) is 3.50. The lowest BCUT2D eigenvalue weighted by Crippen LogP contribution is -2.29. The molecule has 1 aromatic carbocycles. The van der Waals surface area contributed by atoms with Gasteiger partial charge in [0.1, 0.15) is 5.75 Å². The third-order valence-corrected chi connectivity index (χ3v) is 5.10. The summed E-state index contributed by atoms with van der Waals surface area (Å²) in [6.07, 6.45) is 6.60. The van der Waals surface area contributed by atoms with Gasteiger partial charge in [-0.15, -0.1) is 0 Å². The maximum Gasteiger partial charge on any atom is 0.223 e. The van der Waals surface area contributed by atoms with Crippen LogP contribution in [0.25, 0.3) is 6.08 Å². The monoisotopic (exact) mass is 368 g/mol. The van der Waals surface area contributed by atoms with Crippen molar-refractivity contribution in [2.45, 2.75) is 19.4 Å². The number of amides is 1. The number of hydrogen-bond acceptors (Lipinski definition) is 4. The third kappa shape index (κ3) is 4.57. The van der Waals surface area contributed by atoms with Crippen molar-refractivity contribution in [2.24, 2.45) is 13.0 Å². The van der Waals surface area contributed by atoms with Crippen LogP contribution in [0.1, 0.15) is 30.5 Å². The van der Waals surface area contributed by atoms with Crippen LogP contribution >= 0.6 is 0 Å². The van der Waals surface area contributed by atoms with Crippen LogP contribution in [-0.4, -0.2) is 47.8 Å². The van der Waals surface area contributed by atoms with E-state index in [0.29, 0.717) is 6.42 Å². The van der Waals surface area contributed by atoms with Gasteiger partial charge in [0, 0.05) is 51.3 Å². The first-order chi connectivity index (χ1) is 13.0. The first-order valence-corrected chi connectivity index (χ1v) is 9.24. The highest BCUT2D eigenvalue weighted by molar-refractivity contribution is 5.79. The highest BCUT2D eigenvalue weighted by Crippen LogP contribution is 2.36. The summed E-state index contributed by atoms with van der Waals surface area (Å²) >= 11 is 0. The van der Waals surface area contributed by atoms with Crippen molar-refractivity contribution in [1.82, 2.24) is 20.0 Å². The Morgan fingerprint density at radius 2 is 2.07 bits per heavy atom. The van der Waals surface area contributed by atoms with E-state index in [1.54, 1.807) is 11.8 Å². The fourth-order valence-corrected chi connectivity index (χ4v) is 3.71. The second kappa shape index (κ2) is 8.39. The van der Waals surface area contributed by atoms with Crippen molar-refractivity contribution in [2.75, 3.05) is 27.2 Å². The molecule has 0 spiro atoms. The number of nitrogens with zero attached hydrogens (tertiary/aromatic N) is 3. The van der Waals surface area contributed by atoms with E-state index in [4.69, 9.17) is 4.74 Å². The Hall–Kier alpha value is -2.60. The molecule has 1 aliphatic heterocycles. The fraction of sp³-hybridized carbons (Fsp3) is 0.429. The second-order valence-electron chi connectivity index (χ2n) is 7.26. The summed E-state index contributed by atoms with van der Waals surface area (Å²) in [7, 11) is 5.46. The summed E-state index contributed by atoms with van der Waals surface area (Å²) in [5, 5.41) is 7.78. The van der Waals surface area contributed by atoms with Crippen LogP contribution in [0.15, 0.2) is 42.2 Å². The molecule has 27 heavy (non-hydrogen) atoms. The number of methoxy groups -OCH3 is 1.